The molecule has 0 aliphatic carbocycles. The predicted octanol–water partition coefficient (Wildman–Crippen LogP) is 2.38. The Morgan fingerprint density at radius 3 is 2.73 bits per heavy atom. The van der Waals surface area contributed by atoms with Gasteiger partial charge in [-0.3, -0.25) is 0 Å². The Balaban J connectivity index is 3.06. The maximum atomic E-state index is 9.50. The molecule has 0 radical (unpaired) electrons. The molecule has 2 N–H and O–H groups in total. The van der Waals surface area contributed by atoms with Crippen LogP contribution in [0.15, 0.2) is 12.1 Å². The number of benzene rings is 1. The van der Waals surface area contributed by atoms with Gasteiger partial charge in [-0.1, -0.05) is 18.5 Å². The van der Waals surface area contributed by atoms with Crippen LogP contribution in [0.1, 0.15) is 18.4 Å². The number of likely N-dealkylation sites (N-methyl/N-ethyl adjacent to an activating group) is 1. The van der Waals surface area contributed by atoms with E-state index in [1.807, 2.05) is 7.05 Å². The van der Waals surface area contributed by atoms with Crippen LogP contribution in [0.3, 0.4) is 0 Å². The molecule has 1 aromatic carbocycles. The predicted molar refractivity (Wildman–Crippen MR) is 62.0 cm³/mol. The summed E-state index contributed by atoms with van der Waals surface area (Å²) >= 11 is 6.05. The Kier molecular flexibility index (Phi) is 4.24. The molecule has 84 valence electrons. The van der Waals surface area contributed by atoms with E-state index in [2.05, 4.69) is 12.2 Å². The SMILES string of the molecule is CNCC(C)c1cc(OC)c(O)cc1Cl. The van der Waals surface area contributed by atoms with Crippen LogP contribution in [-0.2, 0) is 0 Å². The van der Waals surface area contributed by atoms with Gasteiger partial charge in [0.05, 0.1) is 7.11 Å². The first-order valence-electron chi connectivity index (χ1n) is 4.81. The van der Waals surface area contributed by atoms with Gasteiger partial charge in [-0.15, -0.1) is 0 Å². The van der Waals surface area contributed by atoms with Gasteiger partial charge in [0.15, 0.2) is 11.5 Å². The van der Waals surface area contributed by atoms with E-state index in [9.17, 15) is 5.11 Å². The molecule has 0 saturated heterocycles. The highest BCUT2D eigenvalue weighted by molar-refractivity contribution is 6.31. The Morgan fingerprint density at radius 2 is 2.20 bits per heavy atom. The molecule has 0 amide bonds. The molecular weight excluding hydrogens is 214 g/mol. The van der Waals surface area contributed by atoms with Crippen molar-refractivity contribution in [1.29, 1.82) is 0 Å². The van der Waals surface area contributed by atoms with Crippen LogP contribution in [0.25, 0.3) is 0 Å². The minimum Gasteiger partial charge on any atom is -0.504 e. The molecule has 0 saturated carbocycles. The van der Waals surface area contributed by atoms with Crippen molar-refractivity contribution in [3.8, 4) is 11.5 Å². The average Bonchev–Trinajstić information content (AvgIpc) is 2.18. The van der Waals surface area contributed by atoms with Gasteiger partial charge in [0.25, 0.3) is 0 Å². The van der Waals surface area contributed by atoms with Crippen molar-refractivity contribution in [1.82, 2.24) is 5.32 Å². The molecule has 0 aliphatic rings. The van der Waals surface area contributed by atoms with Crippen LogP contribution in [0.4, 0.5) is 0 Å². The van der Waals surface area contributed by atoms with E-state index in [0.717, 1.165) is 12.1 Å². The van der Waals surface area contributed by atoms with Crippen LogP contribution in [0, 0.1) is 0 Å². The van der Waals surface area contributed by atoms with E-state index in [1.54, 1.807) is 6.07 Å². The molecule has 0 heterocycles. The highest BCUT2D eigenvalue weighted by Gasteiger charge is 2.13. The number of rotatable bonds is 4. The summed E-state index contributed by atoms with van der Waals surface area (Å²) in [4.78, 5) is 0. The van der Waals surface area contributed by atoms with Crippen molar-refractivity contribution in [2.45, 2.75) is 12.8 Å². The second-order valence-electron chi connectivity index (χ2n) is 3.50. The van der Waals surface area contributed by atoms with Gasteiger partial charge < -0.3 is 15.2 Å². The molecule has 1 atom stereocenters. The molecule has 3 nitrogen and oxygen atoms in total. The lowest BCUT2D eigenvalue weighted by Crippen LogP contribution is -2.15. The van der Waals surface area contributed by atoms with E-state index >= 15 is 0 Å². The van der Waals surface area contributed by atoms with Crippen molar-refractivity contribution in [3.63, 3.8) is 0 Å². The Hall–Kier alpha value is -0.930. The van der Waals surface area contributed by atoms with Gasteiger partial charge in [0.2, 0.25) is 0 Å². The number of ether oxygens (including phenoxy) is 1. The summed E-state index contributed by atoms with van der Waals surface area (Å²) in [5, 5.41) is 13.2. The quantitative estimate of drug-likeness (QED) is 0.833. The fourth-order valence-electron chi connectivity index (χ4n) is 1.52. The Morgan fingerprint density at radius 1 is 1.53 bits per heavy atom. The average molecular weight is 230 g/mol. The van der Waals surface area contributed by atoms with Crippen LogP contribution in [0.2, 0.25) is 5.02 Å². The van der Waals surface area contributed by atoms with E-state index in [-0.39, 0.29) is 11.7 Å². The Labute approximate surface area is 95.0 Å². The first-order chi connectivity index (χ1) is 7.10. The molecule has 4 heteroatoms. The zero-order valence-corrected chi connectivity index (χ0v) is 9.93. The lowest BCUT2D eigenvalue weighted by atomic mass is 10.0. The smallest absolute Gasteiger partial charge is 0.160 e. The van der Waals surface area contributed by atoms with Gasteiger partial charge in [0, 0.05) is 17.6 Å². The van der Waals surface area contributed by atoms with Crippen LogP contribution >= 0.6 is 11.6 Å². The lowest BCUT2D eigenvalue weighted by Gasteiger charge is -2.15. The minimum absolute atomic E-state index is 0.0721. The number of hydrogen-bond acceptors (Lipinski definition) is 3. The van der Waals surface area contributed by atoms with Gasteiger partial charge in [-0.05, 0) is 24.6 Å². The third-order valence-corrected chi connectivity index (χ3v) is 2.67. The molecular formula is C11H16ClNO2. The van der Waals surface area contributed by atoms with E-state index in [1.165, 1.54) is 13.2 Å². The Bertz CT molecular complexity index is 342. The normalized spacial score (nSPS) is 12.5. The van der Waals surface area contributed by atoms with Crippen molar-refractivity contribution in [3.05, 3.63) is 22.7 Å². The topological polar surface area (TPSA) is 41.5 Å². The number of phenols is 1. The van der Waals surface area contributed by atoms with Crippen LogP contribution in [-0.4, -0.2) is 25.8 Å². The van der Waals surface area contributed by atoms with Gasteiger partial charge in [0.1, 0.15) is 0 Å². The molecule has 0 bridgehead atoms. The molecule has 1 rings (SSSR count). The summed E-state index contributed by atoms with van der Waals surface area (Å²) in [5.74, 6) is 0.803. The monoisotopic (exact) mass is 229 g/mol. The van der Waals surface area contributed by atoms with Gasteiger partial charge in [-0.2, -0.15) is 0 Å². The maximum Gasteiger partial charge on any atom is 0.160 e. The number of methoxy groups -OCH3 is 1. The fourth-order valence-corrected chi connectivity index (χ4v) is 1.86. The third kappa shape index (κ3) is 2.76. The molecule has 1 aromatic rings. The van der Waals surface area contributed by atoms with Crippen molar-refractivity contribution < 1.29 is 9.84 Å². The first kappa shape index (κ1) is 12.1. The molecule has 0 spiro atoms. The minimum atomic E-state index is 0.0721. The number of aromatic hydroxyl groups is 1. The molecule has 0 aromatic heterocycles. The van der Waals surface area contributed by atoms with E-state index in [0.29, 0.717) is 10.8 Å². The van der Waals surface area contributed by atoms with Crippen molar-refractivity contribution in [2.75, 3.05) is 20.7 Å². The summed E-state index contributed by atoms with van der Waals surface area (Å²) in [5.41, 5.74) is 0.973. The van der Waals surface area contributed by atoms with Crippen molar-refractivity contribution >= 4 is 11.6 Å². The standard InChI is InChI=1S/C11H16ClNO2/c1-7(6-13-2)8-4-11(15-3)10(14)5-9(8)12/h4-5,7,13-14H,6H2,1-3H3. The van der Waals surface area contributed by atoms with Crippen LogP contribution < -0.4 is 10.1 Å². The zero-order valence-electron chi connectivity index (χ0n) is 9.17. The van der Waals surface area contributed by atoms with E-state index < -0.39 is 0 Å². The summed E-state index contributed by atoms with van der Waals surface area (Å²) in [6.07, 6.45) is 0. The molecule has 0 aliphatic heterocycles. The third-order valence-electron chi connectivity index (χ3n) is 2.34. The van der Waals surface area contributed by atoms with E-state index in [4.69, 9.17) is 16.3 Å². The zero-order chi connectivity index (χ0) is 11.4. The summed E-state index contributed by atoms with van der Waals surface area (Å²) in [6, 6.07) is 3.29. The summed E-state index contributed by atoms with van der Waals surface area (Å²) in [7, 11) is 3.41. The van der Waals surface area contributed by atoms with Crippen molar-refractivity contribution in [2.24, 2.45) is 0 Å². The second-order valence-corrected chi connectivity index (χ2v) is 3.91. The summed E-state index contributed by atoms with van der Waals surface area (Å²) < 4.78 is 5.04. The number of hydrogen-bond donors (Lipinski definition) is 2. The largest absolute Gasteiger partial charge is 0.504 e. The summed E-state index contributed by atoms with van der Waals surface area (Å²) in [6.45, 7) is 2.89. The molecule has 0 fully saturated rings. The van der Waals surface area contributed by atoms with Gasteiger partial charge >= 0.3 is 0 Å². The maximum absolute atomic E-state index is 9.50. The molecule has 1 unspecified atom stereocenters. The van der Waals surface area contributed by atoms with Crippen LogP contribution in [0.5, 0.6) is 11.5 Å². The second kappa shape index (κ2) is 5.24. The highest BCUT2D eigenvalue weighted by atomic mass is 35.5. The highest BCUT2D eigenvalue weighted by Crippen LogP contribution is 2.35. The fraction of sp³-hybridized carbons (Fsp3) is 0.455. The lowest BCUT2D eigenvalue weighted by molar-refractivity contribution is 0.372. The number of phenolic OH excluding ortho intramolecular Hbond substituents is 1. The number of nitrogens with one attached hydrogen (secondary N) is 1. The van der Waals surface area contributed by atoms with Gasteiger partial charge in [-0.25, -0.2) is 0 Å². The first-order valence-corrected chi connectivity index (χ1v) is 5.19. The molecule has 15 heavy (non-hydrogen) atoms. The number of halogens is 1.